The molecule has 2 aromatic carbocycles. The Morgan fingerprint density at radius 2 is 1.81 bits per heavy atom. The molecular weight excluding hydrogens is 515 g/mol. The Labute approximate surface area is 228 Å². The monoisotopic (exact) mass is 552 g/mol. The lowest BCUT2D eigenvalue weighted by atomic mass is 9.88. The van der Waals surface area contributed by atoms with Crippen molar-refractivity contribution < 1.29 is 13.7 Å². The summed E-state index contributed by atoms with van der Waals surface area (Å²) in [6.45, 7) is 9.04. The van der Waals surface area contributed by atoms with E-state index in [4.69, 9.17) is 27.9 Å². The van der Waals surface area contributed by atoms with Gasteiger partial charge in [-0.05, 0) is 94.9 Å². The summed E-state index contributed by atoms with van der Waals surface area (Å²) >= 11 is 12.5. The third-order valence-corrected chi connectivity index (χ3v) is 8.39. The molecule has 8 heteroatoms. The van der Waals surface area contributed by atoms with Gasteiger partial charge in [-0.1, -0.05) is 47.5 Å². The van der Waals surface area contributed by atoms with Crippen molar-refractivity contribution in [2.45, 2.75) is 62.4 Å². The Balaban J connectivity index is 1.65. The predicted molar refractivity (Wildman–Crippen MR) is 150 cm³/mol. The maximum atomic E-state index is 12.6. The van der Waals surface area contributed by atoms with E-state index in [1.54, 1.807) is 18.2 Å². The molecule has 3 rings (SSSR count). The normalized spacial score (nSPS) is 17.0. The fourth-order valence-corrected chi connectivity index (χ4v) is 5.90. The molecule has 0 radical (unpaired) electrons. The average molecular weight is 554 g/mol. The van der Waals surface area contributed by atoms with Crippen molar-refractivity contribution in [1.82, 2.24) is 9.80 Å². The van der Waals surface area contributed by atoms with Crippen molar-refractivity contribution in [3.8, 4) is 0 Å². The van der Waals surface area contributed by atoms with Gasteiger partial charge in [0, 0.05) is 30.7 Å². The fourth-order valence-electron chi connectivity index (χ4n) is 4.76. The number of nitrogens with zero attached hydrogens (tertiary/aromatic N) is 2. The number of ether oxygens (including phenoxy) is 1. The van der Waals surface area contributed by atoms with Crippen LogP contribution in [-0.4, -0.2) is 65.2 Å². The number of carbonyl (C=O) groups is 1. The van der Waals surface area contributed by atoms with Gasteiger partial charge in [0.1, 0.15) is 5.60 Å². The molecule has 1 fully saturated rings. The van der Waals surface area contributed by atoms with E-state index < -0.39 is 16.4 Å². The topological polar surface area (TPSA) is 49.9 Å². The molecule has 0 bridgehead atoms. The van der Waals surface area contributed by atoms with Crippen molar-refractivity contribution in [3.05, 3.63) is 63.6 Å². The first-order valence-electron chi connectivity index (χ1n) is 12.5. The zero-order valence-corrected chi connectivity index (χ0v) is 24.3. The van der Waals surface area contributed by atoms with E-state index in [1.165, 1.54) is 5.56 Å². The quantitative estimate of drug-likeness (QED) is 0.355. The smallest absolute Gasteiger partial charge is 0.410 e. The molecule has 0 N–H and O–H groups in total. The summed E-state index contributed by atoms with van der Waals surface area (Å²) in [6, 6.07) is 13.8. The third kappa shape index (κ3) is 8.20. The predicted octanol–water partition coefficient (Wildman–Crippen LogP) is 6.95. The first kappa shape index (κ1) is 29.0. The van der Waals surface area contributed by atoms with Gasteiger partial charge >= 0.3 is 6.09 Å². The van der Waals surface area contributed by atoms with Crippen molar-refractivity contribution >= 4 is 40.1 Å². The molecule has 0 spiro atoms. The molecular formula is C28H38Cl2N2O3S. The number of hydrogen-bond donors (Lipinski definition) is 0. The van der Waals surface area contributed by atoms with Crippen LogP contribution >= 0.6 is 23.2 Å². The molecule has 198 valence electrons. The minimum Gasteiger partial charge on any atom is -0.444 e. The second kappa shape index (κ2) is 12.8. The number of benzene rings is 2. The second-order valence-corrected chi connectivity index (χ2v) is 12.8. The molecule has 36 heavy (non-hydrogen) atoms. The van der Waals surface area contributed by atoms with Crippen LogP contribution in [0, 0.1) is 0 Å². The van der Waals surface area contributed by atoms with Gasteiger partial charge in [-0.2, -0.15) is 0 Å². The molecule has 1 aliphatic rings. The van der Waals surface area contributed by atoms with Crippen LogP contribution in [0.15, 0.2) is 47.4 Å². The van der Waals surface area contributed by atoms with Crippen LogP contribution in [-0.2, 0) is 15.5 Å². The molecule has 0 aromatic heterocycles. The van der Waals surface area contributed by atoms with Gasteiger partial charge in [0.2, 0.25) is 0 Å². The number of hydrogen-bond acceptors (Lipinski definition) is 4. The van der Waals surface area contributed by atoms with Gasteiger partial charge in [-0.25, -0.2) is 4.79 Å². The van der Waals surface area contributed by atoms with Gasteiger partial charge in [0.25, 0.3) is 0 Å². The Hall–Kier alpha value is -1.60. The number of carbonyl (C=O) groups excluding carboxylic acids is 1. The maximum absolute atomic E-state index is 12.6. The summed E-state index contributed by atoms with van der Waals surface area (Å²) in [5, 5.41) is 1.04. The van der Waals surface area contributed by atoms with Crippen LogP contribution in [0.5, 0.6) is 0 Å². The highest BCUT2D eigenvalue weighted by molar-refractivity contribution is 7.84. The highest BCUT2D eigenvalue weighted by atomic mass is 35.5. The Morgan fingerprint density at radius 3 is 2.42 bits per heavy atom. The first-order valence-corrected chi connectivity index (χ1v) is 14.8. The number of likely N-dealkylation sites (tertiary alicyclic amines) is 1. The van der Waals surface area contributed by atoms with E-state index in [0.717, 1.165) is 49.4 Å². The molecule has 1 amide bonds. The van der Waals surface area contributed by atoms with E-state index in [0.29, 0.717) is 22.5 Å². The molecule has 0 saturated carbocycles. The molecule has 2 atom stereocenters. The largest absolute Gasteiger partial charge is 0.444 e. The first-order chi connectivity index (χ1) is 16.9. The van der Waals surface area contributed by atoms with Crippen molar-refractivity contribution in [2.24, 2.45) is 0 Å². The lowest BCUT2D eigenvalue weighted by Gasteiger charge is -2.34. The lowest BCUT2D eigenvalue weighted by molar-refractivity contribution is 0.0285. The lowest BCUT2D eigenvalue weighted by Crippen LogP contribution is -2.38. The zero-order valence-electron chi connectivity index (χ0n) is 21.9. The number of halogens is 2. The molecule has 5 nitrogen and oxygen atoms in total. The number of piperidine rings is 1. The van der Waals surface area contributed by atoms with E-state index in [-0.39, 0.29) is 12.0 Å². The van der Waals surface area contributed by atoms with E-state index in [2.05, 4.69) is 11.0 Å². The third-order valence-electron chi connectivity index (χ3n) is 6.66. The van der Waals surface area contributed by atoms with Crippen LogP contribution in [0.4, 0.5) is 4.79 Å². The standard InChI is InChI=1S/C28H38Cl2N2O3S/c1-28(2,3)35-27(33)31(4)19-22(21-10-11-24(29)25(30)18-21)14-17-32-15-12-20(13-16-32)23-8-6-7-9-26(23)36(5)34/h6-11,18,20,22H,12-17,19H2,1-5H3/t22-,36?/m1/s1. The van der Waals surface area contributed by atoms with Crippen molar-refractivity contribution in [3.63, 3.8) is 0 Å². The minimum absolute atomic E-state index is 0.0956. The van der Waals surface area contributed by atoms with Gasteiger partial charge in [0.15, 0.2) is 0 Å². The second-order valence-electron chi connectivity index (χ2n) is 10.6. The summed E-state index contributed by atoms with van der Waals surface area (Å²) < 4.78 is 17.8. The number of rotatable bonds is 8. The van der Waals surface area contributed by atoms with E-state index >= 15 is 0 Å². The van der Waals surface area contributed by atoms with Gasteiger partial charge in [-0.15, -0.1) is 0 Å². The fraction of sp³-hybridized carbons (Fsp3) is 0.536. The summed E-state index contributed by atoms with van der Waals surface area (Å²) in [5.41, 5.74) is 1.75. The summed E-state index contributed by atoms with van der Waals surface area (Å²) in [7, 11) is 0.799. The number of likely N-dealkylation sites (N-methyl/N-ethyl adjacent to an activating group) is 1. The van der Waals surface area contributed by atoms with Crippen LogP contribution in [0.3, 0.4) is 0 Å². The highest BCUT2D eigenvalue weighted by Gasteiger charge is 2.26. The van der Waals surface area contributed by atoms with Gasteiger partial charge in [0.05, 0.1) is 20.8 Å². The minimum atomic E-state index is -0.978. The molecule has 1 heterocycles. The van der Waals surface area contributed by atoms with Crippen molar-refractivity contribution in [1.29, 1.82) is 0 Å². The van der Waals surface area contributed by atoms with Crippen molar-refractivity contribution in [2.75, 3.05) is 39.5 Å². The maximum Gasteiger partial charge on any atom is 0.410 e. The average Bonchev–Trinajstić information content (AvgIpc) is 2.82. The molecule has 1 saturated heterocycles. The Morgan fingerprint density at radius 1 is 1.14 bits per heavy atom. The Kier molecular flexibility index (Phi) is 10.3. The van der Waals surface area contributed by atoms with Crippen LogP contribution in [0.2, 0.25) is 10.0 Å². The van der Waals surface area contributed by atoms with Crippen LogP contribution < -0.4 is 0 Å². The molecule has 1 unspecified atom stereocenters. The summed E-state index contributed by atoms with van der Waals surface area (Å²) in [4.78, 5) is 17.7. The zero-order chi connectivity index (χ0) is 26.5. The van der Waals surface area contributed by atoms with Gasteiger partial charge < -0.3 is 14.5 Å². The summed E-state index contributed by atoms with van der Waals surface area (Å²) in [5.74, 6) is 0.531. The van der Waals surface area contributed by atoms with Gasteiger partial charge in [-0.3, -0.25) is 4.21 Å². The number of amides is 1. The molecule has 0 aliphatic carbocycles. The molecule has 2 aromatic rings. The SMILES string of the molecule is CN(C[C@@H](CCN1CCC(c2ccccc2S(C)=O)CC1)c1ccc(Cl)c(Cl)c1)C(=O)OC(C)(C)C. The summed E-state index contributed by atoms with van der Waals surface area (Å²) in [6.07, 6.45) is 4.39. The molecule has 1 aliphatic heterocycles. The van der Waals surface area contributed by atoms with E-state index in [9.17, 15) is 9.00 Å². The Bertz CT molecular complexity index is 1070. The van der Waals surface area contributed by atoms with E-state index in [1.807, 2.05) is 57.2 Å². The highest BCUT2D eigenvalue weighted by Crippen LogP contribution is 2.33. The van der Waals surface area contributed by atoms with Crippen LogP contribution in [0.1, 0.15) is 63.0 Å². The van der Waals surface area contributed by atoms with Crippen LogP contribution in [0.25, 0.3) is 0 Å².